The summed E-state index contributed by atoms with van der Waals surface area (Å²) in [6.07, 6.45) is 0. The predicted octanol–water partition coefficient (Wildman–Crippen LogP) is 18.1. The Morgan fingerprint density at radius 3 is 0.800 bits per heavy atom. The topological polar surface area (TPSA) is 0 Å². The number of hydrogen-bond acceptors (Lipinski definition) is 0. The molecule has 0 bridgehead atoms. The first kappa shape index (κ1) is 41.1. The number of hydrogen-bond donors (Lipinski definition) is 0. The standard InChI is InChI=1S/C75H46/c1-9-31-63-53(23-1)54-24-2-10-32-64(54)73(63,51-21-17-19-47(43-51)49-40-42-71-62(45-49)60-30-8-16-38-70(60)74(71)65-33-11-3-25-55(65)56-26-4-12-34-66(56)74)52-22-18-20-48(44-52)50-39-41-61-59-29-7-15-37-69(59)75(72(61)46-50)67-35-13-5-27-57(67)58-28-6-14-36-68(58)75/h1-46H. The average Bonchev–Trinajstić information content (AvgIpc) is 4.29. The van der Waals surface area contributed by atoms with Gasteiger partial charge in [0.1, 0.15) is 0 Å². The van der Waals surface area contributed by atoms with Gasteiger partial charge in [-0.3, -0.25) is 0 Å². The summed E-state index contributed by atoms with van der Waals surface area (Å²) in [6.45, 7) is 0. The minimum atomic E-state index is -0.596. The lowest BCUT2D eigenvalue weighted by Crippen LogP contribution is -2.28. The van der Waals surface area contributed by atoms with Crippen molar-refractivity contribution in [1.29, 1.82) is 0 Å². The van der Waals surface area contributed by atoms with Crippen LogP contribution in [0.5, 0.6) is 0 Å². The molecule has 0 saturated heterocycles. The molecule has 12 aromatic rings. The van der Waals surface area contributed by atoms with Crippen molar-refractivity contribution in [3.8, 4) is 77.9 Å². The first-order chi connectivity index (χ1) is 37.2. The molecule has 346 valence electrons. The number of fused-ring (bicyclic) bond motifs is 23. The molecule has 5 aliphatic rings. The fraction of sp³-hybridized carbons (Fsp3) is 0.0400. The Kier molecular flexibility index (Phi) is 8.16. The molecule has 0 fully saturated rings. The largest absolute Gasteiger partial charge is 0.0725 e. The van der Waals surface area contributed by atoms with Crippen molar-refractivity contribution in [2.24, 2.45) is 0 Å². The van der Waals surface area contributed by atoms with Gasteiger partial charge < -0.3 is 0 Å². The van der Waals surface area contributed by atoms with Crippen molar-refractivity contribution < 1.29 is 0 Å². The molecule has 0 N–H and O–H groups in total. The molecule has 12 aromatic carbocycles. The van der Waals surface area contributed by atoms with Crippen molar-refractivity contribution in [2.75, 3.05) is 0 Å². The van der Waals surface area contributed by atoms with Crippen molar-refractivity contribution in [2.45, 2.75) is 16.2 Å². The first-order valence-corrected chi connectivity index (χ1v) is 26.5. The van der Waals surface area contributed by atoms with Gasteiger partial charge in [0.2, 0.25) is 0 Å². The molecule has 0 aliphatic heterocycles. The van der Waals surface area contributed by atoms with Gasteiger partial charge in [-0.1, -0.05) is 255 Å². The molecule has 17 rings (SSSR count). The Bertz CT molecular complexity index is 4290. The second-order valence-corrected chi connectivity index (χ2v) is 21.3. The van der Waals surface area contributed by atoms with Crippen molar-refractivity contribution >= 4 is 0 Å². The lowest BCUT2D eigenvalue weighted by molar-refractivity contribution is 0.769. The van der Waals surface area contributed by atoms with E-state index in [1.807, 2.05) is 0 Å². The van der Waals surface area contributed by atoms with Crippen LogP contribution in [0.4, 0.5) is 0 Å². The zero-order valence-corrected chi connectivity index (χ0v) is 41.1. The second kappa shape index (κ2) is 14.9. The van der Waals surface area contributed by atoms with Gasteiger partial charge in [0.05, 0.1) is 16.2 Å². The summed E-state index contributed by atoms with van der Waals surface area (Å²) in [5, 5.41) is 0. The maximum atomic E-state index is 2.52. The van der Waals surface area contributed by atoms with Crippen LogP contribution in [0.1, 0.15) is 66.8 Å². The van der Waals surface area contributed by atoms with E-state index in [-0.39, 0.29) is 5.41 Å². The maximum absolute atomic E-state index is 2.52. The summed E-state index contributed by atoms with van der Waals surface area (Å²) >= 11 is 0. The Morgan fingerprint density at radius 1 is 0.147 bits per heavy atom. The molecule has 2 spiro atoms. The Balaban J connectivity index is 0.854. The van der Waals surface area contributed by atoms with Crippen LogP contribution in [0.25, 0.3) is 77.9 Å². The third-order valence-corrected chi connectivity index (χ3v) is 18.2. The van der Waals surface area contributed by atoms with Crippen molar-refractivity contribution in [3.63, 3.8) is 0 Å². The van der Waals surface area contributed by atoms with Gasteiger partial charge in [0.25, 0.3) is 0 Å². The Hall–Kier alpha value is -9.36. The maximum Gasteiger partial charge on any atom is 0.0725 e. The summed E-state index contributed by atoms with van der Waals surface area (Å²) in [5.74, 6) is 0. The molecule has 0 saturated carbocycles. The highest BCUT2D eigenvalue weighted by atomic mass is 14.5. The summed E-state index contributed by atoms with van der Waals surface area (Å²) in [4.78, 5) is 0. The fourth-order valence-electron chi connectivity index (χ4n) is 15.4. The van der Waals surface area contributed by atoms with Gasteiger partial charge in [-0.2, -0.15) is 0 Å². The second-order valence-electron chi connectivity index (χ2n) is 21.3. The predicted molar refractivity (Wildman–Crippen MR) is 307 cm³/mol. The minimum absolute atomic E-state index is 0.374. The molecular formula is C75H46. The normalized spacial score (nSPS) is 15.0. The van der Waals surface area contributed by atoms with Crippen molar-refractivity contribution in [3.05, 3.63) is 346 Å². The van der Waals surface area contributed by atoms with Crippen LogP contribution in [0, 0.1) is 0 Å². The van der Waals surface area contributed by atoms with E-state index in [4.69, 9.17) is 0 Å². The van der Waals surface area contributed by atoms with Gasteiger partial charge in [-0.05, 0) is 169 Å². The van der Waals surface area contributed by atoms with Crippen LogP contribution >= 0.6 is 0 Å². The smallest absolute Gasteiger partial charge is 0.0619 e. The van der Waals surface area contributed by atoms with Crippen molar-refractivity contribution in [1.82, 2.24) is 0 Å². The summed E-state index contributed by atoms with van der Waals surface area (Å²) < 4.78 is 0. The van der Waals surface area contributed by atoms with E-state index >= 15 is 0 Å². The molecule has 0 atom stereocenters. The third-order valence-electron chi connectivity index (χ3n) is 18.2. The summed E-state index contributed by atoms with van der Waals surface area (Å²) in [6, 6.07) is 106. The van der Waals surface area contributed by atoms with E-state index in [1.165, 1.54) is 145 Å². The highest BCUT2D eigenvalue weighted by molar-refractivity contribution is 5.98. The van der Waals surface area contributed by atoms with Gasteiger partial charge in [0, 0.05) is 0 Å². The highest BCUT2D eigenvalue weighted by Gasteiger charge is 2.53. The van der Waals surface area contributed by atoms with Crippen LogP contribution in [0.2, 0.25) is 0 Å². The molecule has 0 unspecified atom stereocenters. The van der Waals surface area contributed by atoms with E-state index in [1.54, 1.807) is 0 Å². The van der Waals surface area contributed by atoms with Crippen LogP contribution in [0.15, 0.2) is 279 Å². The molecule has 5 aliphatic carbocycles. The lowest BCUT2D eigenvalue weighted by atomic mass is 9.67. The van der Waals surface area contributed by atoms with Crippen LogP contribution < -0.4 is 0 Å². The minimum Gasteiger partial charge on any atom is -0.0619 e. The quantitative estimate of drug-likeness (QED) is 0.165. The Morgan fingerprint density at radius 2 is 0.413 bits per heavy atom. The third kappa shape index (κ3) is 5.03. The number of benzene rings is 12. The average molecular weight is 947 g/mol. The van der Waals surface area contributed by atoms with E-state index in [2.05, 4.69) is 279 Å². The van der Waals surface area contributed by atoms with E-state index in [0.717, 1.165) is 0 Å². The molecule has 0 amide bonds. The van der Waals surface area contributed by atoms with Crippen LogP contribution in [-0.4, -0.2) is 0 Å². The molecule has 0 aromatic heterocycles. The van der Waals surface area contributed by atoms with Gasteiger partial charge in [-0.15, -0.1) is 0 Å². The van der Waals surface area contributed by atoms with Gasteiger partial charge in [0.15, 0.2) is 0 Å². The molecule has 0 heterocycles. The SMILES string of the molecule is c1cc(-c2ccc3c(c2)-c2ccccc2C32c3ccccc3-c3ccccc32)cc(C2(c3cccc(-c4ccc5c(c4)C4(c6ccccc6-c6ccccc64)c4ccccc4-5)c3)c3ccccc3-c3ccccc32)c1. The summed E-state index contributed by atoms with van der Waals surface area (Å²) in [5.41, 5.74) is 32.6. The number of rotatable bonds is 4. The lowest BCUT2D eigenvalue weighted by Gasteiger charge is -2.34. The zero-order valence-electron chi connectivity index (χ0n) is 41.1. The van der Waals surface area contributed by atoms with Gasteiger partial charge in [-0.25, -0.2) is 0 Å². The molecular weight excluding hydrogens is 901 g/mol. The zero-order chi connectivity index (χ0) is 49.0. The fourth-order valence-corrected chi connectivity index (χ4v) is 15.4. The Labute approximate surface area is 437 Å². The first-order valence-electron chi connectivity index (χ1n) is 26.5. The van der Waals surface area contributed by atoms with E-state index < -0.39 is 10.8 Å². The highest BCUT2D eigenvalue weighted by Crippen LogP contribution is 2.65. The van der Waals surface area contributed by atoms with Crippen LogP contribution in [0.3, 0.4) is 0 Å². The van der Waals surface area contributed by atoms with E-state index in [9.17, 15) is 0 Å². The monoisotopic (exact) mass is 946 g/mol. The molecule has 0 heteroatoms. The van der Waals surface area contributed by atoms with E-state index in [0.29, 0.717) is 0 Å². The molecule has 0 nitrogen and oxygen atoms in total. The van der Waals surface area contributed by atoms with Gasteiger partial charge >= 0.3 is 0 Å². The molecule has 75 heavy (non-hydrogen) atoms. The van der Waals surface area contributed by atoms with Crippen LogP contribution in [-0.2, 0) is 16.2 Å². The molecule has 0 radical (unpaired) electrons. The summed E-state index contributed by atoms with van der Waals surface area (Å²) in [7, 11) is 0.